The van der Waals surface area contributed by atoms with E-state index in [4.69, 9.17) is 11.6 Å². The van der Waals surface area contributed by atoms with Crippen molar-refractivity contribution in [3.63, 3.8) is 0 Å². The lowest BCUT2D eigenvalue weighted by Gasteiger charge is -2.32. The Morgan fingerprint density at radius 2 is 2.13 bits per heavy atom. The van der Waals surface area contributed by atoms with E-state index in [2.05, 4.69) is 10.3 Å². The van der Waals surface area contributed by atoms with E-state index in [1.54, 1.807) is 4.90 Å². The molecule has 0 saturated carbocycles. The van der Waals surface area contributed by atoms with E-state index in [-0.39, 0.29) is 17.0 Å². The third-order valence-corrected chi connectivity index (χ3v) is 5.04. The van der Waals surface area contributed by atoms with Gasteiger partial charge in [-0.2, -0.15) is 0 Å². The summed E-state index contributed by atoms with van der Waals surface area (Å²) in [4.78, 5) is 30.8. The van der Waals surface area contributed by atoms with Crippen LogP contribution in [0.1, 0.15) is 28.1 Å². The number of aryl methyl sites for hydroxylation is 1. The van der Waals surface area contributed by atoms with Gasteiger partial charge in [-0.1, -0.05) is 29.3 Å². The normalized spacial score (nSPS) is 18.1. The van der Waals surface area contributed by atoms with E-state index < -0.39 is 6.04 Å². The highest BCUT2D eigenvalue weighted by Gasteiger charge is 2.31. The molecule has 2 heterocycles. The van der Waals surface area contributed by atoms with Gasteiger partial charge >= 0.3 is 0 Å². The Morgan fingerprint density at radius 3 is 2.78 bits per heavy atom. The fraction of sp³-hybridized carbons (Fsp3) is 0.312. The molecule has 2 amide bonds. The van der Waals surface area contributed by atoms with Crippen LogP contribution in [-0.2, 0) is 4.79 Å². The lowest BCUT2D eigenvalue weighted by molar-refractivity contribution is -0.121. The first-order chi connectivity index (χ1) is 11.1. The van der Waals surface area contributed by atoms with Crippen LogP contribution < -0.4 is 10.2 Å². The maximum atomic E-state index is 12.7. The molecular formula is C16H16ClN3O2S. The monoisotopic (exact) mass is 349 g/mol. The molecule has 5 nitrogen and oxygen atoms in total. The van der Waals surface area contributed by atoms with Crippen LogP contribution in [0.4, 0.5) is 5.69 Å². The molecule has 23 heavy (non-hydrogen) atoms. The molecule has 1 aromatic heterocycles. The Bertz CT molecular complexity index is 729. The van der Waals surface area contributed by atoms with E-state index in [1.807, 2.05) is 31.2 Å². The van der Waals surface area contributed by atoms with Crippen LogP contribution in [0.15, 0.2) is 29.8 Å². The van der Waals surface area contributed by atoms with Crippen molar-refractivity contribution in [1.29, 1.82) is 0 Å². The zero-order chi connectivity index (χ0) is 16.4. The second-order valence-corrected chi connectivity index (χ2v) is 6.68. The number of amides is 2. The number of anilines is 1. The number of piperidine rings is 1. The number of thiazole rings is 1. The Hall–Kier alpha value is -1.92. The quantitative estimate of drug-likeness (QED) is 0.926. The molecule has 1 fully saturated rings. The summed E-state index contributed by atoms with van der Waals surface area (Å²) in [5.41, 5.74) is 3.51. The maximum Gasteiger partial charge on any atom is 0.265 e. The van der Waals surface area contributed by atoms with Crippen molar-refractivity contribution >= 4 is 40.4 Å². The van der Waals surface area contributed by atoms with E-state index in [0.717, 1.165) is 17.7 Å². The van der Waals surface area contributed by atoms with Crippen molar-refractivity contribution in [2.45, 2.75) is 25.8 Å². The average molecular weight is 350 g/mol. The number of benzene rings is 1. The summed E-state index contributed by atoms with van der Waals surface area (Å²) in [7, 11) is 0. The minimum atomic E-state index is -0.532. The minimum absolute atomic E-state index is 0.0888. The summed E-state index contributed by atoms with van der Waals surface area (Å²) in [6.45, 7) is 2.67. The summed E-state index contributed by atoms with van der Waals surface area (Å²) >= 11 is 7.04. The number of rotatable bonds is 3. The van der Waals surface area contributed by atoms with Gasteiger partial charge in [0.05, 0.1) is 5.51 Å². The molecule has 0 unspecified atom stereocenters. The van der Waals surface area contributed by atoms with Crippen LogP contribution in [0.3, 0.4) is 0 Å². The summed E-state index contributed by atoms with van der Waals surface area (Å²) in [5.74, 6) is -0.435. The first kappa shape index (κ1) is 16.0. The van der Waals surface area contributed by atoms with Gasteiger partial charge in [0, 0.05) is 12.2 Å². The molecule has 1 atom stereocenters. The average Bonchev–Trinajstić information content (AvgIpc) is 2.97. The van der Waals surface area contributed by atoms with Gasteiger partial charge in [-0.15, -0.1) is 11.3 Å². The van der Waals surface area contributed by atoms with Gasteiger partial charge in [-0.25, -0.2) is 4.98 Å². The Labute approximate surface area is 143 Å². The molecule has 2 aromatic rings. The van der Waals surface area contributed by atoms with E-state index >= 15 is 0 Å². The van der Waals surface area contributed by atoms with Gasteiger partial charge in [-0.05, 0) is 31.9 Å². The molecule has 1 saturated heterocycles. The van der Waals surface area contributed by atoms with Gasteiger partial charge in [-0.3, -0.25) is 9.59 Å². The zero-order valence-corrected chi connectivity index (χ0v) is 14.2. The molecule has 1 aliphatic rings. The Kier molecular flexibility index (Phi) is 4.63. The number of carbonyl (C=O) groups is 2. The standard InChI is InChI=1S/C16H16ClN3O2S/c1-10-4-6-11(7-5-10)20-8-2-3-12(16(20)22)19-15(21)13-14(17)18-9-23-13/h4-7,9,12H,2-3,8H2,1H3,(H,19,21)/t12-/m0/s1. The number of halogens is 1. The highest BCUT2D eigenvalue weighted by molar-refractivity contribution is 7.12. The third kappa shape index (κ3) is 3.38. The van der Waals surface area contributed by atoms with Gasteiger partial charge < -0.3 is 10.2 Å². The van der Waals surface area contributed by atoms with Crippen LogP contribution in [0.2, 0.25) is 5.15 Å². The summed E-state index contributed by atoms with van der Waals surface area (Å²) in [6.07, 6.45) is 1.46. The maximum absolute atomic E-state index is 12.7. The molecule has 0 bridgehead atoms. The number of hydrogen-bond donors (Lipinski definition) is 1. The fourth-order valence-corrected chi connectivity index (χ4v) is 3.50. The van der Waals surface area contributed by atoms with E-state index in [9.17, 15) is 9.59 Å². The third-order valence-electron chi connectivity index (χ3n) is 3.82. The molecule has 120 valence electrons. The number of aromatic nitrogens is 1. The number of nitrogens with zero attached hydrogens (tertiary/aromatic N) is 2. The molecule has 1 aromatic carbocycles. The molecule has 3 rings (SSSR count). The highest BCUT2D eigenvalue weighted by Crippen LogP contribution is 2.23. The van der Waals surface area contributed by atoms with Crippen LogP contribution in [0.25, 0.3) is 0 Å². The van der Waals surface area contributed by atoms with Crippen molar-refractivity contribution in [3.8, 4) is 0 Å². The molecule has 0 radical (unpaired) electrons. The SMILES string of the molecule is Cc1ccc(N2CCC[C@H](NC(=O)c3scnc3Cl)C2=O)cc1. The van der Waals surface area contributed by atoms with Crippen LogP contribution >= 0.6 is 22.9 Å². The van der Waals surface area contributed by atoms with Crippen LogP contribution in [-0.4, -0.2) is 29.4 Å². The van der Waals surface area contributed by atoms with Crippen molar-refractivity contribution in [2.24, 2.45) is 0 Å². The van der Waals surface area contributed by atoms with E-state index in [0.29, 0.717) is 17.8 Å². The first-order valence-electron chi connectivity index (χ1n) is 7.34. The van der Waals surface area contributed by atoms with Gasteiger partial charge in [0.1, 0.15) is 10.9 Å². The molecule has 0 aliphatic carbocycles. The largest absolute Gasteiger partial charge is 0.339 e. The highest BCUT2D eigenvalue weighted by atomic mass is 35.5. The number of nitrogens with one attached hydrogen (secondary N) is 1. The fourth-order valence-electron chi connectivity index (χ4n) is 2.59. The molecule has 1 aliphatic heterocycles. The number of carbonyl (C=O) groups excluding carboxylic acids is 2. The van der Waals surface area contributed by atoms with E-state index in [1.165, 1.54) is 16.8 Å². The molecule has 0 spiro atoms. The van der Waals surface area contributed by atoms with Gasteiger partial charge in [0.25, 0.3) is 5.91 Å². The molecular weight excluding hydrogens is 334 g/mol. The van der Waals surface area contributed by atoms with Gasteiger partial charge in [0.2, 0.25) is 5.91 Å². The lowest BCUT2D eigenvalue weighted by Crippen LogP contribution is -2.52. The smallest absolute Gasteiger partial charge is 0.265 e. The predicted octanol–water partition coefficient (Wildman–Crippen LogP) is 3.03. The zero-order valence-electron chi connectivity index (χ0n) is 12.6. The molecule has 7 heteroatoms. The van der Waals surface area contributed by atoms with Crippen molar-refractivity contribution in [2.75, 3.05) is 11.4 Å². The minimum Gasteiger partial charge on any atom is -0.339 e. The number of hydrogen-bond acceptors (Lipinski definition) is 4. The second kappa shape index (κ2) is 6.68. The van der Waals surface area contributed by atoms with Crippen molar-refractivity contribution in [1.82, 2.24) is 10.3 Å². The second-order valence-electron chi connectivity index (χ2n) is 5.47. The first-order valence-corrected chi connectivity index (χ1v) is 8.60. The summed E-state index contributed by atoms with van der Waals surface area (Å²) in [6, 6.07) is 7.27. The Balaban J connectivity index is 1.73. The molecule has 1 N–H and O–H groups in total. The lowest BCUT2D eigenvalue weighted by atomic mass is 10.0. The topological polar surface area (TPSA) is 62.3 Å². The van der Waals surface area contributed by atoms with Crippen LogP contribution in [0, 0.1) is 6.92 Å². The van der Waals surface area contributed by atoms with Crippen molar-refractivity contribution in [3.05, 3.63) is 45.4 Å². The summed E-state index contributed by atoms with van der Waals surface area (Å²) in [5, 5.41) is 2.95. The Morgan fingerprint density at radius 1 is 1.39 bits per heavy atom. The van der Waals surface area contributed by atoms with Crippen molar-refractivity contribution < 1.29 is 9.59 Å². The van der Waals surface area contributed by atoms with Gasteiger partial charge in [0.15, 0.2) is 5.15 Å². The van der Waals surface area contributed by atoms with Crippen LogP contribution in [0.5, 0.6) is 0 Å². The predicted molar refractivity (Wildman–Crippen MR) is 91.1 cm³/mol. The summed E-state index contributed by atoms with van der Waals surface area (Å²) < 4.78 is 0.